The molecule has 3 aliphatic rings. The van der Waals surface area contributed by atoms with E-state index in [1.807, 2.05) is 18.0 Å². The van der Waals surface area contributed by atoms with E-state index in [1.54, 1.807) is 23.1 Å². The Labute approximate surface area is 218 Å². The summed E-state index contributed by atoms with van der Waals surface area (Å²) in [6, 6.07) is 0.453. The van der Waals surface area contributed by atoms with Gasteiger partial charge in [-0.25, -0.2) is 9.78 Å². The summed E-state index contributed by atoms with van der Waals surface area (Å²) in [6.07, 6.45) is 10.9. The van der Waals surface area contributed by atoms with Crippen LogP contribution in [0.1, 0.15) is 64.7 Å². The summed E-state index contributed by atoms with van der Waals surface area (Å²) in [6.45, 7) is 8.26. The Bertz CT molecular complexity index is 803. The molecule has 1 aromatic heterocycles. The van der Waals surface area contributed by atoms with E-state index >= 15 is 0 Å². The van der Waals surface area contributed by atoms with Crippen molar-refractivity contribution in [3.05, 3.63) is 6.20 Å². The van der Waals surface area contributed by atoms with Crippen LogP contribution in [0.15, 0.2) is 10.4 Å². The number of piperidine rings is 1. The second-order valence-corrected chi connectivity index (χ2v) is 12.2. The minimum Gasteiger partial charge on any atom is -0.379 e. The highest BCUT2D eigenvalue weighted by molar-refractivity contribution is 8.01. The number of hydrogen-bond acceptors (Lipinski definition) is 7. The van der Waals surface area contributed by atoms with E-state index < -0.39 is 0 Å². The van der Waals surface area contributed by atoms with Gasteiger partial charge >= 0.3 is 6.03 Å². The van der Waals surface area contributed by atoms with Gasteiger partial charge in [-0.1, -0.05) is 37.5 Å². The van der Waals surface area contributed by atoms with E-state index in [0.717, 1.165) is 88.0 Å². The monoisotopic (exact) mass is 523 g/mol. The number of rotatable bonds is 9. The average Bonchev–Trinajstić information content (AvgIpc) is 3.33. The van der Waals surface area contributed by atoms with Gasteiger partial charge < -0.3 is 14.5 Å². The molecule has 0 atom stereocenters. The Morgan fingerprint density at radius 3 is 2.54 bits per heavy atom. The van der Waals surface area contributed by atoms with Gasteiger partial charge in [-0.2, -0.15) is 0 Å². The predicted molar refractivity (Wildman–Crippen MR) is 142 cm³/mol. The van der Waals surface area contributed by atoms with Gasteiger partial charge in [-0.3, -0.25) is 15.0 Å². The van der Waals surface area contributed by atoms with Gasteiger partial charge in [0, 0.05) is 57.0 Å². The summed E-state index contributed by atoms with van der Waals surface area (Å²) >= 11 is 3.37. The summed E-state index contributed by atoms with van der Waals surface area (Å²) in [5, 5.41) is 3.81. The van der Waals surface area contributed by atoms with Gasteiger partial charge in [-0.05, 0) is 32.1 Å². The van der Waals surface area contributed by atoms with Crippen molar-refractivity contribution >= 4 is 40.2 Å². The molecule has 1 aliphatic carbocycles. The van der Waals surface area contributed by atoms with Gasteiger partial charge in [0.15, 0.2) is 5.13 Å². The van der Waals surface area contributed by atoms with E-state index in [-0.39, 0.29) is 24.0 Å². The third-order valence-corrected chi connectivity index (χ3v) is 9.42. The number of thiazole rings is 1. The van der Waals surface area contributed by atoms with Crippen LogP contribution < -0.4 is 5.32 Å². The molecule has 10 heteroatoms. The van der Waals surface area contributed by atoms with Crippen LogP contribution in [0.4, 0.5) is 9.93 Å². The number of thioether (sulfide) groups is 1. The standard InChI is InChI=1S/C25H41N5O3S2/c1-2-6-22(31)29-11-9-21(10-12-29)30(20-7-4-3-5-8-20)25(32)27-24-26-19-23(35-24)34-18-15-28-13-16-33-17-14-28/h19-21H,2-18H2,1H3,(H,26,27,32). The number of carbonyl (C=O) groups excluding carboxylic acids is 2. The number of nitrogens with one attached hydrogen (secondary N) is 1. The van der Waals surface area contributed by atoms with Crippen LogP contribution in [0.2, 0.25) is 0 Å². The molecule has 0 bridgehead atoms. The average molecular weight is 524 g/mol. The smallest absolute Gasteiger partial charge is 0.324 e. The molecular formula is C25H41N5O3S2. The second kappa shape index (κ2) is 13.8. The molecular weight excluding hydrogens is 482 g/mol. The van der Waals surface area contributed by atoms with Crippen molar-refractivity contribution in [1.82, 2.24) is 19.7 Å². The maximum absolute atomic E-state index is 13.5. The molecule has 4 rings (SSSR count). The van der Waals surface area contributed by atoms with Crippen molar-refractivity contribution in [1.29, 1.82) is 0 Å². The first-order valence-corrected chi connectivity index (χ1v) is 15.2. The molecule has 3 heterocycles. The molecule has 0 aromatic carbocycles. The van der Waals surface area contributed by atoms with Crippen molar-refractivity contribution in [2.45, 2.75) is 81.0 Å². The van der Waals surface area contributed by atoms with Crippen LogP contribution in [0.3, 0.4) is 0 Å². The first-order chi connectivity index (χ1) is 17.1. The number of ether oxygens (including phenoxy) is 1. The molecule has 2 saturated heterocycles. The third kappa shape index (κ3) is 7.81. The number of nitrogens with zero attached hydrogens (tertiary/aromatic N) is 4. The zero-order valence-corrected chi connectivity index (χ0v) is 22.7. The highest BCUT2D eigenvalue weighted by atomic mass is 32.2. The molecule has 0 radical (unpaired) electrons. The summed E-state index contributed by atoms with van der Waals surface area (Å²) in [5.41, 5.74) is 0. The highest BCUT2D eigenvalue weighted by Crippen LogP contribution is 2.31. The van der Waals surface area contributed by atoms with Crippen molar-refractivity contribution in [3.8, 4) is 0 Å². The van der Waals surface area contributed by atoms with Crippen molar-refractivity contribution in [2.75, 3.05) is 57.0 Å². The Kier molecular flexibility index (Phi) is 10.5. The summed E-state index contributed by atoms with van der Waals surface area (Å²) in [7, 11) is 0. The molecule has 3 fully saturated rings. The molecule has 0 spiro atoms. The topological polar surface area (TPSA) is 78.0 Å². The summed E-state index contributed by atoms with van der Waals surface area (Å²) in [4.78, 5) is 36.9. The lowest BCUT2D eigenvalue weighted by Crippen LogP contribution is -2.54. The molecule has 3 amide bonds. The normalized spacial score (nSPS) is 20.7. The molecule has 1 saturated carbocycles. The highest BCUT2D eigenvalue weighted by Gasteiger charge is 2.35. The fraction of sp³-hybridized carbons (Fsp3) is 0.800. The van der Waals surface area contributed by atoms with E-state index in [0.29, 0.717) is 11.6 Å². The Morgan fingerprint density at radius 1 is 1.11 bits per heavy atom. The fourth-order valence-electron chi connectivity index (χ4n) is 5.39. The largest absolute Gasteiger partial charge is 0.379 e. The number of aromatic nitrogens is 1. The minimum absolute atomic E-state index is 0.0190. The lowest BCUT2D eigenvalue weighted by molar-refractivity contribution is -0.132. The van der Waals surface area contributed by atoms with E-state index in [4.69, 9.17) is 4.74 Å². The Balaban J connectivity index is 1.31. The van der Waals surface area contributed by atoms with E-state index in [9.17, 15) is 9.59 Å². The number of morpholine rings is 1. The third-order valence-electron chi connectivity index (χ3n) is 7.33. The predicted octanol–water partition coefficient (Wildman–Crippen LogP) is 4.53. The number of likely N-dealkylation sites (tertiary alicyclic amines) is 1. The number of hydrogen-bond donors (Lipinski definition) is 1. The lowest BCUT2D eigenvalue weighted by Gasteiger charge is -2.43. The number of carbonyl (C=O) groups is 2. The second-order valence-electron chi connectivity index (χ2n) is 9.78. The van der Waals surface area contributed by atoms with Crippen LogP contribution >= 0.6 is 23.1 Å². The van der Waals surface area contributed by atoms with Crippen LogP contribution in [0, 0.1) is 0 Å². The molecule has 2 aliphatic heterocycles. The maximum atomic E-state index is 13.5. The van der Waals surface area contributed by atoms with E-state index in [2.05, 4.69) is 20.1 Å². The van der Waals surface area contributed by atoms with Crippen LogP contribution in [-0.2, 0) is 9.53 Å². The summed E-state index contributed by atoms with van der Waals surface area (Å²) in [5.74, 6) is 1.26. The van der Waals surface area contributed by atoms with Crippen molar-refractivity contribution in [3.63, 3.8) is 0 Å². The molecule has 8 nitrogen and oxygen atoms in total. The first kappa shape index (κ1) is 26.7. The summed E-state index contributed by atoms with van der Waals surface area (Å²) < 4.78 is 6.56. The van der Waals surface area contributed by atoms with E-state index in [1.165, 1.54) is 19.3 Å². The number of amides is 3. The van der Waals surface area contributed by atoms with Crippen molar-refractivity contribution in [2.24, 2.45) is 0 Å². The van der Waals surface area contributed by atoms with Crippen LogP contribution in [0.25, 0.3) is 0 Å². The molecule has 0 unspecified atom stereocenters. The molecule has 35 heavy (non-hydrogen) atoms. The quantitative estimate of drug-likeness (QED) is 0.480. The van der Waals surface area contributed by atoms with Crippen molar-refractivity contribution < 1.29 is 14.3 Å². The Morgan fingerprint density at radius 2 is 1.83 bits per heavy atom. The van der Waals surface area contributed by atoms with Gasteiger partial charge in [0.05, 0.1) is 23.6 Å². The SMILES string of the molecule is CCCC(=O)N1CCC(N(C(=O)Nc2ncc(SCCN3CCOCC3)s2)C2CCCCC2)CC1. The lowest BCUT2D eigenvalue weighted by atomic mass is 9.91. The molecule has 196 valence electrons. The zero-order valence-electron chi connectivity index (χ0n) is 21.1. The van der Waals surface area contributed by atoms with Gasteiger partial charge in [0.1, 0.15) is 0 Å². The first-order valence-electron chi connectivity index (χ1n) is 13.4. The van der Waals surface area contributed by atoms with Gasteiger partial charge in [0.2, 0.25) is 5.91 Å². The molecule has 1 N–H and O–H groups in total. The van der Waals surface area contributed by atoms with Crippen LogP contribution in [0.5, 0.6) is 0 Å². The zero-order chi connectivity index (χ0) is 24.5. The fourth-order valence-corrected chi connectivity index (χ4v) is 7.33. The maximum Gasteiger partial charge on any atom is 0.324 e. The van der Waals surface area contributed by atoms with Crippen LogP contribution in [-0.4, -0.2) is 95.4 Å². The number of anilines is 1. The minimum atomic E-state index is -0.0190. The Hall–Kier alpha value is -1.36. The number of urea groups is 1. The molecule has 1 aromatic rings. The van der Waals surface area contributed by atoms with Gasteiger partial charge in [-0.15, -0.1) is 11.8 Å². The van der Waals surface area contributed by atoms with Gasteiger partial charge in [0.25, 0.3) is 0 Å².